The molecule has 0 fully saturated rings. The van der Waals surface area contributed by atoms with Crippen LogP contribution in [0.3, 0.4) is 0 Å². The predicted octanol–water partition coefficient (Wildman–Crippen LogP) is 3.29. The van der Waals surface area contributed by atoms with E-state index in [0.717, 1.165) is 6.08 Å². The SMILES string of the molecule is C=CCOC1=C(F)C(F)(F)C(F)(F)C1(F)F. The third kappa shape index (κ3) is 1.31. The van der Waals surface area contributed by atoms with Crippen LogP contribution < -0.4 is 0 Å². The molecule has 16 heavy (non-hydrogen) atoms. The van der Waals surface area contributed by atoms with E-state index in [0.29, 0.717) is 0 Å². The first-order valence-corrected chi connectivity index (χ1v) is 3.88. The minimum Gasteiger partial charge on any atom is -0.485 e. The minimum atomic E-state index is -5.85. The summed E-state index contributed by atoms with van der Waals surface area (Å²) in [6.45, 7) is 2.19. The number of hydrogen-bond donors (Lipinski definition) is 0. The maximum atomic E-state index is 12.8. The van der Waals surface area contributed by atoms with Crippen molar-refractivity contribution in [2.24, 2.45) is 0 Å². The van der Waals surface area contributed by atoms with Crippen LogP contribution in [0, 0.1) is 0 Å². The molecule has 1 nitrogen and oxygen atoms in total. The van der Waals surface area contributed by atoms with E-state index in [4.69, 9.17) is 0 Å². The van der Waals surface area contributed by atoms with Gasteiger partial charge in [-0.25, -0.2) is 4.39 Å². The molecule has 0 radical (unpaired) electrons. The largest absolute Gasteiger partial charge is 0.485 e. The van der Waals surface area contributed by atoms with Gasteiger partial charge in [0.15, 0.2) is 0 Å². The molecule has 0 spiro atoms. The van der Waals surface area contributed by atoms with Gasteiger partial charge in [-0.3, -0.25) is 0 Å². The average Bonchev–Trinajstić information content (AvgIpc) is 2.23. The summed E-state index contributed by atoms with van der Waals surface area (Å²) in [4.78, 5) is 0. The molecule has 0 bridgehead atoms. The highest BCUT2D eigenvalue weighted by molar-refractivity contribution is 5.33. The topological polar surface area (TPSA) is 9.23 Å². The number of allylic oxidation sites excluding steroid dienone is 2. The molecule has 1 aliphatic carbocycles. The Bertz CT molecular complexity index is 344. The summed E-state index contributed by atoms with van der Waals surface area (Å²) < 4.78 is 92.2. The van der Waals surface area contributed by atoms with E-state index in [1.54, 1.807) is 0 Å². The van der Waals surface area contributed by atoms with E-state index < -0.39 is 36.0 Å². The maximum Gasteiger partial charge on any atom is 0.386 e. The Morgan fingerprint density at radius 1 is 1.06 bits per heavy atom. The van der Waals surface area contributed by atoms with E-state index >= 15 is 0 Å². The van der Waals surface area contributed by atoms with Crippen molar-refractivity contribution in [1.29, 1.82) is 0 Å². The van der Waals surface area contributed by atoms with Gasteiger partial charge in [0.1, 0.15) is 6.61 Å². The Hall–Kier alpha value is -1.21. The number of alkyl halides is 6. The van der Waals surface area contributed by atoms with Crippen molar-refractivity contribution in [1.82, 2.24) is 0 Å². The molecular formula is C8H5F7O. The predicted molar refractivity (Wildman–Crippen MR) is 39.1 cm³/mol. The Labute approximate surface area is 85.2 Å². The molecule has 0 aromatic rings. The molecule has 0 amide bonds. The Morgan fingerprint density at radius 3 is 1.88 bits per heavy atom. The van der Waals surface area contributed by atoms with Gasteiger partial charge in [0.2, 0.25) is 11.6 Å². The van der Waals surface area contributed by atoms with Gasteiger partial charge in [0, 0.05) is 0 Å². The van der Waals surface area contributed by atoms with Gasteiger partial charge < -0.3 is 4.74 Å². The van der Waals surface area contributed by atoms with Crippen LogP contribution in [0.4, 0.5) is 30.7 Å². The standard InChI is InChI=1S/C8H5F7O/c1-2-3-16-5-4(9)6(10,11)8(14,15)7(5,12)13/h2H,1,3H2. The third-order valence-corrected chi connectivity index (χ3v) is 1.89. The number of rotatable bonds is 3. The summed E-state index contributed by atoms with van der Waals surface area (Å²) in [6, 6.07) is 0. The highest BCUT2D eigenvalue weighted by atomic mass is 19.3. The molecule has 0 heterocycles. The molecule has 0 atom stereocenters. The highest BCUT2D eigenvalue weighted by Gasteiger charge is 2.82. The van der Waals surface area contributed by atoms with E-state index in [1.807, 2.05) is 0 Å². The third-order valence-electron chi connectivity index (χ3n) is 1.89. The van der Waals surface area contributed by atoms with Crippen molar-refractivity contribution in [3.8, 4) is 0 Å². The van der Waals surface area contributed by atoms with Crippen molar-refractivity contribution in [3.63, 3.8) is 0 Å². The van der Waals surface area contributed by atoms with Gasteiger partial charge in [-0.2, -0.15) is 26.3 Å². The minimum absolute atomic E-state index is 0.787. The summed E-state index contributed by atoms with van der Waals surface area (Å²) in [5.74, 6) is -22.1. The quantitative estimate of drug-likeness (QED) is 0.551. The summed E-state index contributed by atoms with van der Waals surface area (Å²) in [7, 11) is 0. The Kier molecular flexibility index (Phi) is 2.73. The van der Waals surface area contributed by atoms with Gasteiger partial charge >= 0.3 is 17.8 Å². The second-order valence-electron chi connectivity index (χ2n) is 2.97. The second kappa shape index (κ2) is 3.39. The van der Waals surface area contributed by atoms with Crippen LogP contribution in [0.15, 0.2) is 24.2 Å². The fourth-order valence-electron chi connectivity index (χ4n) is 1.05. The zero-order valence-electron chi connectivity index (χ0n) is 7.55. The molecule has 0 unspecified atom stereocenters. The lowest BCUT2D eigenvalue weighted by Gasteiger charge is -2.23. The molecule has 0 aromatic heterocycles. The van der Waals surface area contributed by atoms with Crippen LogP contribution in [0.25, 0.3) is 0 Å². The van der Waals surface area contributed by atoms with E-state index in [2.05, 4.69) is 11.3 Å². The second-order valence-corrected chi connectivity index (χ2v) is 2.97. The van der Waals surface area contributed by atoms with Crippen LogP contribution in [0.1, 0.15) is 0 Å². The van der Waals surface area contributed by atoms with Crippen LogP contribution in [-0.4, -0.2) is 24.4 Å². The van der Waals surface area contributed by atoms with Gasteiger partial charge in [-0.05, 0) is 0 Å². The molecule has 1 aliphatic rings. The molecule has 0 N–H and O–H groups in total. The zero-order chi connectivity index (χ0) is 12.8. The van der Waals surface area contributed by atoms with Crippen molar-refractivity contribution >= 4 is 0 Å². The molecular weight excluding hydrogens is 245 g/mol. The lowest BCUT2D eigenvalue weighted by Crippen LogP contribution is -2.49. The fourth-order valence-corrected chi connectivity index (χ4v) is 1.05. The van der Waals surface area contributed by atoms with Crippen LogP contribution >= 0.6 is 0 Å². The molecule has 92 valence electrons. The van der Waals surface area contributed by atoms with E-state index in [-0.39, 0.29) is 0 Å². The van der Waals surface area contributed by atoms with Crippen molar-refractivity contribution < 1.29 is 35.5 Å². The summed E-state index contributed by atoms with van der Waals surface area (Å²) in [6.07, 6.45) is 0.824. The Morgan fingerprint density at radius 2 is 1.56 bits per heavy atom. The van der Waals surface area contributed by atoms with Gasteiger partial charge in [-0.15, -0.1) is 0 Å². The lowest BCUT2D eigenvalue weighted by atomic mass is 10.1. The van der Waals surface area contributed by atoms with Crippen molar-refractivity contribution in [2.45, 2.75) is 17.8 Å². The van der Waals surface area contributed by atoms with Gasteiger partial charge in [0.25, 0.3) is 0 Å². The molecule has 0 saturated heterocycles. The highest BCUT2D eigenvalue weighted by Crippen LogP contribution is 2.59. The number of halogens is 7. The summed E-state index contributed by atoms with van der Waals surface area (Å²) >= 11 is 0. The number of ether oxygens (including phenoxy) is 1. The Balaban J connectivity index is 3.24. The fraction of sp³-hybridized carbons (Fsp3) is 0.500. The first-order chi connectivity index (χ1) is 7.10. The zero-order valence-corrected chi connectivity index (χ0v) is 7.55. The summed E-state index contributed by atoms with van der Waals surface area (Å²) in [5.41, 5.74) is 0. The van der Waals surface area contributed by atoms with Crippen LogP contribution in [-0.2, 0) is 4.74 Å². The molecule has 1 rings (SSSR count). The summed E-state index contributed by atoms with van der Waals surface area (Å²) in [5, 5.41) is 0. The first-order valence-electron chi connectivity index (χ1n) is 3.88. The van der Waals surface area contributed by atoms with Crippen molar-refractivity contribution in [3.05, 3.63) is 24.2 Å². The molecule has 0 saturated carbocycles. The van der Waals surface area contributed by atoms with E-state index in [1.165, 1.54) is 0 Å². The van der Waals surface area contributed by atoms with Gasteiger partial charge in [-0.1, -0.05) is 12.7 Å². The van der Waals surface area contributed by atoms with E-state index in [9.17, 15) is 30.7 Å². The molecule has 8 heteroatoms. The first kappa shape index (κ1) is 12.9. The molecule has 0 aromatic carbocycles. The normalized spacial score (nSPS) is 25.7. The van der Waals surface area contributed by atoms with Crippen LogP contribution in [0.5, 0.6) is 0 Å². The average molecular weight is 250 g/mol. The van der Waals surface area contributed by atoms with Gasteiger partial charge in [0.05, 0.1) is 0 Å². The number of hydrogen-bond acceptors (Lipinski definition) is 1. The molecule has 0 aliphatic heterocycles. The van der Waals surface area contributed by atoms with Crippen molar-refractivity contribution in [2.75, 3.05) is 6.61 Å². The smallest absolute Gasteiger partial charge is 0.386 e. The lowest BCUT2D eigenvalue weighted by molar-refractivity contribution is -0.273. The maximum absolute atomic E-state index is 12.8. The monoisotopic (exact) mass is 250 g/mol. The van der Waals surface area contributed by atoms with Crippen LogP contribution in [0.2, 0.25) is 0 Å².